The summed E-state index contributed by atoms with van der Waals surface area (Å²) in [5, 5.41) is 4.69. The largest absolute Gasteiger partial charge is 0.452 e. The number of nitrogens with one attached hydrogen (secondary N) is 2. The highest BCUT2D eigenvalue weighted by molar-refractivity contribution is 6.33. The molecule has 130 valence electrons. The van der Waals surface area contributed by atoms with Crippen LogP contribution in [0.1, 0.15) is 42.5 Å². The number of amides is 3. The lowest BCUT2D eigenvalue weighted by Crippen LogP contribution is -2.46. The topological polar surface area (TPSA) is 84.5 Å². The minimum Gasteiger partial charge on any atom is -0.452 e. The normalized spacial score (nSPS) is 14.8. The van der Waals surface area contributed by atoms with Gasteiger partial charge in [-0.25, -0.2) is 14.0 Å². The van der Waals surface area contributed by atoms with Crippen LogP contribution < -0.4 is 10.6 Å². The summed E-state index contributed by atoms with van der Waals surface area (Å²) in [5.74, 6) is -2.22. The van der Waals surface area contributed by atoms with E-state index in [2.05, 4.69) is 10.6 Å². The van der Waals surface area contributed by atoms with E-state index in [1.807, 2.05) is 0 Å². The van der Waals surface area contributed by atoms with Crippen LogP contribution in [0.3, 0.4) is 0 Å². The maximum Gasteiger partial charge on any atom is 0.340 e. The molecule has 0 atom stereocenters. The minimum atomic E-state index is -0.872. The summed E-state index contributed by atoms with van der Waals surface area (Å²) in [6.07, 6.45) is 5.03. The first kappa shape index (κ1) is 18.2. The molecule has 8 heteroatoms. The predicted octanol–water partition coefficient (Wildman–Crippen LogP) is 2.79. The van der Waals surface area contributed by atoms with Crippen LogP contribution in [0.15, 0.2) is 18.2 Å². The lowest BCUT2D eigenvalue weighted by atomic mass is 9.96. The zero-order chi connectivity index (χ0) is 17.5. The zero-order valence-electron chi connectivity index (χ0n) is 12.9. The first-order valence-corrected chi connectivity index (χ1v) is 8.06. The van der Waals surface area contributed by atoms with E-state index in [0.29, 0.717) is 0 Å². The van der Waals surface area contributed by atoms with Crippen LogP contribution in [0.25, 0.3) is 0 Å². The Balaban J connectivity index is 1.75. The molecule has 0 spiro atoms. The van der Waals surface area contributed by atoms with Gasteiger partial charge in [0.15, 0.2) is 6.61 Å². The second-order valence-corrected chi connectivity index (χ2v) is 5.96. The van der Waals surface area contributed by atoms with E-state index >= 15 is 0 Å². The summed E-state index contributed by atoms with van der Waals surface area (Å²) < 4.78 is 17.7. The van der Waals surface area contributed by atoms with Gasteiger partial charge >= 0.3 is 12.0 Å². The van der Waals surface area contributed by atoms with E-state index in [-0.39, 0.29) is 16.6 Å². The summed E-state index contributed by atoms with van der Waals surface area (Å²) in [5.41, 5.74) is -0.0578. The molecule has 1 aromatic carbocycles. The number of rotatable bonds is 4. The molecule has 2 N–H and O–H groups in total. The van der Waals surface area contributed by atoms with Crippen molar-refractivity contribution in [2.24, 2.45) is 0 Å². The van der Waals surface area contributed by atoms with Crippen LogP contribution in [-0.4, -0.2) is 30.6 Å². The summed E-state index contributed by atoms with van der Waals surface area (Å²) >= 11 is 5.73. The van der Waals surface area contributed by atoms with E-state index in [1.54, 1.807) is 0 Å². The summed E-state index contributed by atoms with van der Waals surface area (Å²) in [7, 11) is 0. The monoisotopic (exact) mass is 356 g/mol. The molecule has 2 rings (SSSR count). The number of hydrogen-bond donors (Lipinski definition) is 2. The average Bonchev–Trinajstić information content (AvgIpc) is 2.53. The third-order valence-corrected chi connectivity index (χ3v) is 3.99. The second kappa shape index (κ2) is 8.63. The van der Waals surface area contributed by atoms with Crippen LogP contribution in [0.2, 0.25) is 5.02 Å². The number of hydrogen-bond acceptors (Lipinski definition) is 4. The van der Waals surface area contributed by atoms with E-state index in [0.717, 1.165) is 50.3 Å². The quantitative estimate of drug-likeness (QED) is 0.812. The van der Waals surface area contributed by atoms with Crippen molar-refractivity contribution in [1.82, 2.24) is 10.6 Å². The van der Waals surface area contributed by atoms with Crippen molar-refractivity contribution in [3.63, 3.8) is 0 Å². The fourth-order valence-corrected chi connectivity index (χ4v) is 2.74. The first-order valence-electron chi connectivity index (χ1n) is 7.68. The molecular formula is C16H18ClFN2O4. The van der Waals surface area contributed by atoms with Gasteiger partial charge in [0.25, 0.3) is 5.91 Å². The van der Waals surface area contributed by atoms with Gasteiger partial charge in [-0.3, -0.25) is 10.1 Å². The molecule has 0 unspecified atom stereocenters. The van der Waals surface area contributed by atoms with Gasteiger partial charge in [0.1, 0.15) is 5.82 Å². The van der Waals surface area contributed by atoms with Crippen molar-refractivity contribution in [3.8, 4) is 0 Å². The van der Waals surface area contributed by atoms with Gasteiger partial charge in [0.05, 0.1) is 10.6 Å². The molecule has 1 saturated carbocycles. The fourth-order valence-electron chi connectivity index (χ4n) is 2.49. The Morgan fingerprint density at radius 3 is 2.58 bits per heavy atom. The number of benzene rings is 1. The average molecular weight is 357 g/mol. The number of halogens is 2. The maximum atomic E-state index is 12.9. The van der Waals surface area contributed by atoms with Crippen molar-refractivity contribution in [1.29, 1.82) is 0 Å². The van der Waals surface area contributed by atoms with Gasteiger partial charge in [-0.15, -0.1) is 0 Å². The number of esters is 1. The lowest BCUT2D eigenvalue weighted by molar-refractivity contribution is -0.123. The van der Waals surface area contributed by atoms with Crippen molar-refractivity contribution in [3.05, 3.63) is 34.6 Å². The van der Waals surface area contributed by atoms with E-state index in [1.165, 1.54) is 0 Å². The molecule has 1 fully saturated rings. The number of ether oxygens (including phenoxy) is 1. The van der Waals surface area contributed by atoms with Crippen LogP contribution >= 0.6 is 11.6 Å². The van der Waals surface area contributed by atoms with Crippen LogP contribution in [0.4, 0.5) is 9.18 Å². The number of imide groups is 1. The molecule has 0 radical (unpaired) electrons. The molecule has 24 heavy (non-hydrogen) atoms. The Bertz CT molecular complexity index is 633. The molecule has 6 nitrogen and oxygen atoms in total. The molecule has 1 aliphatic rings. The maximum absolute atomic E-state index is 12.9. The Labute approximate surface area is 143 Å². The fraction of sp³-hybridized carbons (Fsp3) is 0.438. The predicted molar refractivity (Wildman–Crippen MR) is 85.2 cm³/mol. The third kappa shape index (κ3) is 5.49. The van der Waals surface area contributed by atoms with Crippen LogP contribution in [-0.2, 0) is 9.53 Å². The van der Waals surface area contributed by atoms with Crippen molar-refractivity contribution >= 4 is 29.5 Å². The van der Waals surface area contributed by atoms with Crippen LogP contribution in [0.5, 0.6) is 0 Å². The van der Waals surface area contributed by atoms with Crippen molar-refractivity contribution in [2.75, 3.05) is 6.61 Å². The Hall–Kier alpha value is -2.15. The summed E-state index contributed by atoms with van der Waals surface area (Å²) in [6.45, 7) is -0.634. The third-order valence-electron chi connectivity index (χ3n) is 3.68. The molecule has 3 amide bonds. The van der Waals surface area contributed by atoms with Gasteiger partial charge < -0.3 is 10.1 Å². The van der Waals surface area contributed by atoms with Gasteiger partial charge in [0, 0.05) is 6.04 Å². The molecule has 0 aromatic heterocycles. The van der Waals surface area contributed by atoms with Crippen molar-refractivity contribution in [2.45, 2.75) is 38.1 Å². The highest BCUT2D eigenvalue weighted by Gasteiger charge is 2.18. The molecule has 0 heterocycles. The minimum absolute atomic E-state index is 0.0578. The zero-order valence-corrected chi connectivity index (χ0v) is 13.7. The van der Waals surface area contributed by atoms with E-state index in [4.69, 9.17) is 16.3 Å². The Morgan fingerprint density at radius 1 is 1.21 bits per heavy atom. The van der Waals surface area contributed by atoms with Crippen molar-refractivity contribution < 1.29 is 23.5 Å². The molecule has 1 aliphatic carbocycles. The molecule has 0 aliphatic heterocycles. The van der Waals surface area contributed by atoms with E-state index in [9.17, 15) is 18.8 Å². The first-order chi connectivity index (χ1) is 11.5. The number of carbonyl (C=O) groups excluding carboxylic acids is 3. The Morgan fingerprint density at radius 2 is 1.92 bits per heavy atom. The molecular weight excluding hydrogens is 339 g/mol. The van der Waals surface area contributed by atoms with Gasteiger partial charge in [-0.05, 0) is 31.0 Å². The van der Waals surface area contributed by atoms with E-state index < -0.39 is 30.3 Å². The van der Waals surface area contributed by atoms with Gasteiger partial charge in [-0.1, -0.05) is 30.9 Å². The summed E-state index contributed by atoms with van der Waals surface area (Å²) in [6, 6.07) is 2.64. The standard InChI is InChI=1S/C16H18ClFN2O4/c17-13-8-10(18)6-7-12(13)15(22)24-9-14(21)20-16(23)19-11-4-2-1-3-5-11/h6-8,11H,1-5,9H2,(H2,19,20,21,23). The number of urea groups is 1. The molecule has 1 aromatic rings. The van der Waals surface area contributed by atoms with Crippen LogP contribution in [0, 0.1) is 5.82 Å². The van der Waals surface area contributed by atoms with Gasteiger partial charge in [0.2, 0.25) is 0 Å². The SMILES string of the molecule is O=C(COC(=O)c1ccc(F)cc1Cl)NC(=O)NC1CCCCC1. The smallest absolute Gasteiger partial charge is 0.340 e. The second-order valence-electron chi connectivity index (χ2n) is 5.56. The van der Waals surface area contributed by atoms with Gasteiger partial charge in [-0.2, -0.15) is 0 Å². The summed E-state index contributed by atoms with van der Waals surface area (Å²) in [4.78, 5) is 35.1. The Kier molecular flexibility index (Phi) is 6.54. The molecule has 0 bridgehead atoms. The molecule has 0 saturated heterocycles. The number of carbonyl (C=O) groups is 3. The lowest BCUT2D eigenvalue weighted by Gasteiger charge is -2.22. The highest BCUT2D eigenvalue weighted by Crippen LogP contribution is 2.18. The highest BCUT2D eigenvalue weighted by atomic mass is 35.5.